The first-order valence-corrected chi connectivity index (χ1v) is 9.71. The first kappa shape index (κ1) is 19.2. The minimum atomic E-state index is -0.474. The van der Waals surface area contributed by atoms with Crippen molar-refractivity contribution in [2.45, 2.75) is 39.4 Å². The molecule has 0 bridgehead atoms. The monoisotopic (exact) mass is 381 g/mol. The molecule has 1 aliphatic heterocycles. The normalized spacial score (nSPS) is 17.9. The van der Waals surface area contributed by atoms with Gasteiger partial charge in [-0.3, -0.25) is 9.59 Å². The van der Waals surface area contributed by atoms with E-state index in [4.69, 9.17) is 0 Å². The molecule has 2 aromatic rings. The smallest absolute Gasteiger partial charge is 0.240 e. The van der Waals surface area contributed by atoms with Crippen LogP contribution in [0.3, 0.4) is 0 Å². The Labute approximate surface area is 163 Å². The fourth-order valence-electron chi connectivity index (χ4n) is 2.92. The van der Waals surface area contributed by atoms with E-state index >= 15 is 0 Å². The lowest BCUT2D eigenvalue weighted by molar-refractivity contribution is -0.122. The molecule has 0 radical (unpaired) electrons. The lowest BCUT2D eigenvalue weighted by atomic mass is 10.1. The number of thioether (sulfide) groups is 1. The van der Waals surface area contributed by atoms with Crippen molar-refractivity contribution in [3.63, 3.8) is 0 Å². The highest BCUT2D eigenvalue weighted by atomic mass is 32.2. The predicted octanol–water partition coefficient (Wildman–Crippen LogP) is 4.17. The van der Waals surface area contributed by atoms with E-state index in [1.54, 1.807) is 0 Å². The fourth-order valence-corrected chi connectivity index (χ4v) is 3.89. The molecule has 27 heavy (non-hydrogen) atoms. The minimum Gasteiger partial charge on any atom is -0.326 e. The summed E-state index contributed by atoms with van der Waals surface area (Å²) in [6.45, 7) is 7.90. The highest BCUT2D eigenvalue weighted by molar-refractivity contribution is 8.15. The molecule has 2 aromatic carbocycles. The van der Waals surface area contributed by atoms with E-state index in [0.29, 0.717) is 5.17 Å². The topological polar surface area (TPSA) is 70.6 Å². The molecule has 0 aliphatic carbocycles. The van der Waals surface area contributed by atoms with Gasteiger partial charge in [0.05, 0.1) is 5.69 Å². The Morgan fingerprint density at radius 3 is 2.52 bits per heavy atom. The van der Waals surface area contributed by atoms with Crippen molar-refractivity contribution in [2.75, 3.05) is 5.32 Å². The average molecular weight is 382 g/mol. The van der Waals surface area contributed by atoms with Gasteiger partial charge in [0.1, 0.15) is 5.25 Å². The third-order valence-corrected chi connectivity index (χ3v) is 5.55. The SMILES string of the molecule is Cc1ccc(C)c(NC(=O)C[C@@H]2SC(=Nc3c(C)cccc3C)NC2=O)c1. The molecule has 0 saturated carbocycles. The lowest BCUT2D eigenvalue weighted by Gasteiger charge is -2.10. The van der Waals surface area contributed by atoms with Crippen LogP contribution >= 0.6 is 11.8 Å². The molecular formula is C21H23N3O2S. The number of nitrogens with one attached hydrogen (secondary N) is 2. The number of benzene rings is 2. The average Bonchev–Trinajstić information content (AvgIpc) is 2.94. The molecular weight excluding hydrogens is 358 g/mol. The van der Waals surface area contributed by atoms with E-state index in [0.717, 1.165) is 33.6 Å². The summed E-state index contributed by atoms with van der Waals surface area (Å²) in [5.74, 6) is -0.356. The van der Waals surface area contributed by atoms with Crippen molar-refractivity contribution in [1.82, 2.24) is 5.32 Å². The van der Waals surface area contributed by atoms with Crippen LogP contribution in [0.25, 0.3) is 0 Å². The Kier molecular flexibility index (Phi) is 5.65. The van der Waals surface area contributed by atoms with Crippen LogP contribution in [0.15, 0.2) is 41.4 Å². The number of para-hydroxylation sites is 1. The lowest BCUT2D eigenvalue weighted by Crippen LogP contribution is -2.28. The molecule has 1 atom stereocenters. The molecule has 2 N–H and O–H groups in total. The van der Waals surface area contributed by atoms with Gasteiger partial charge < -0.3 is 10.6 Å². The molecule has 0 unspecified atom stereocenters. The van der Waals surface area contributed by atoms with E-state index in [-0.39, 0.29) is 18.2 Å². The zero-order chi connectivity index (χ0) is 19.6. The van der Waals surface area contributed by atoms with Crippen LogP contribution in [-0.4, -0.2) is 22.2 Å². The summed E-state index contributed by atoms with van der Waals surface area (Å²) < 4.78 is 0. The summed E-state index contributed by atoms with van der Waals surface area (Å²) in [7, 11) is 0. The van der Waals surface area contributed by atoms with Crippen LogP contribution in [0.5, 0.6) is 0 Å². The Hall–Kier alpha value is -2.60. The predicted molar refractivity (Wildman–Crippen MR) is 112 cm³/mol. The number of rotatable bonds is 4. The van der Waals surface area contributed by atoms with Gasteiger partial charge in [0.15, 0.2) is 5.17 Å². The van der Waals surface area contributed by atoms with Gasteiger partial charge in [0.25, 0.3) is 0 Å². The largest absolute Gasteiger partial charge is 0.326 e. The Morgan fingerprint density at radius 1 is 1.11 bits per heavy atom. The molecule has 1 aliphatic rings. The van der Waals surface area contributed by atoms with Gasteiger partial charge >= 0.3 is 0 Å². The number of amides is 2. The number of carbonyl (C=O) groups excluding carboxylic acids is 2. The van der Waals surface area contributed by atoms with Crippen LogP contribution in [-0.2, 0) is 9.59 Å². The van der Waals surface area contributed by atoms with Crippen LogP contribution in [0.1, 0.15) is 28.7 Å². The molecule has 2 amide bonds. The Morgan fingerprint density at radius 2 is 1.81 bits per heavy atom. The second-order valence-electron chi connectivity index (χ2n) is 6.82. The maximum absolute atomic E-state index is 12.4. The number of aryl methyl sites for hydroxylation is 4. The van der Waals surface area contributed by atoms with E-state index in [9.17, 15) is 9.59 Å². The third-order valence-electron chi connectivity index (χ3n) is 4.47. The highest BCUT2D eigenvalue weighted by Gasteiger charge is 2.32. The molecule has 140 valence electrons. The van der Waals surface area contributed by atoms with Gasteiger partial charge in [-0.1, -0.05) is 42.1 Å². The highest BCUT2D eigenvalue weighted by Crippen LogP contribution is 2.29. The summed E-state index contributed by atoms with van der Waals surface area (Å²) in [4.78, 5) is 29.3. The zero-order valence-electron chi connectivity index (χ0n) is 15.9. The van der Waals surface area contributed by atoms with Gasteiger partial charge in [-0.25, -0.2) is 4.99 Å². The van der Waals surface area contributed by atoms with Crippen molar-refractivity contribution < 1.29 is 9.59 Å². The summed E-state index contributed by atoms with van der Waals surface area (Å²) in [5, 5.41) is 5.77. The second kappa shape index (κ2) is 7.96. The number of aliphatic imine (C=N–C) groups is 1. The standard InChI is InChI=1S/C21H23N3O2S/c1-12-8-9-13(2)16(10-12)22-18(25)11-17-20(26)24-21(27-17)23-19-14(3)6-5-7-15(19)4/h5-10,17H,11H2,1-4H3,(H,22,25)(H,23,24,26)/t17-/m0/s1. The molecule has 3 rings (SSSR count). The Balaban J connectivity index is 1.68. The summed E-state index contributed by atoms with van der Waals surface area (Å²) >= 11 is 1.31. The van der Waals surface area contributed by atoms with Gasteiger partial charge in [0, 0.05) is 12.1 Å². The van der Waals surface area contributed by atoms with Gasteiger partial charge in [-0.15, -0.1) is 0 Å². The number of carbonyl (C=O) groups is 2. The zero-order valence-corrected chi connectivity index (χ0v) is 16.7. The number of nitrogens with zero attached hydrogens (tertiary/aromatic N) is 1. The van der Waals surface area contributed by atoms with Crippen LogP contribution in [0, 0.1) is 27.7 Å². The molecule has 1 heterocycles. The maximum Gasteiger partial charge on any atom is 0.240 e. The minimum absolute atomic E-state index is 0.107. The van der Waals surface area contributed by atoms with E-state index in [1.807, 2.05) is 64.1 Å². The van der Waals surface area contributed by atoms with Gasteiger partial charge in [-0.05, 0) is 56.0 Å². The molecule has 1 saturated heterocycles. The van der Waals surface area contributed by atoms with Crippen molar-refractivity contribution in [2.24, 2.45) is 4.99 Å². The van der Waals surface area contributed by atoms with Crippen molar-refractivity contribution in [3.8, 4) is 0 Å². The molecule has 1 fully saturated rings. The maximum atomic E-state index is 12.4. The van der Waals surface area contributed by atoms with E-state index in [2.05, 4.69) is 15.6 Å². The van der Waals surface area contributed by atoms with E-state index in [1.165, 1.54) is 11.8 Å². The summed E-state index contributed by atoms with van der Waals surface area (Å²) in [5.41, 5.74) is 5.82. The first-order valence-electron chi connectivity index (χ1n) is 8.83. The van der Waals surface area contributed by atoms with E-state index < -0.39 is 5.25 Å². The molecule has 6 heteroatoms. The molecule has 0 aromatic heterocycles. The molecule has 0 spiro atoms. The first-order chi connectivity index (χ1) is 12.8. The summed E-state index contributed by atoms with van der Waals surface area (Å²) in [6.07, 6.45) is 0.107. The second-order valence-corrected chi connectivity index (χ2v) is 8.02. The van der Waals surface area contributed by atoms with Crippen LogP contribution < -0.4 is 10.6 Å². The van der Waals surface area contributed by atoms with Crippen molar-refractivity contribution in [1.29, 1.82) is 0 Å². The number of amidine groups is 1. The number of anilines is 1. The number of hydrogen-bond acceptors (Lipinski definition) is 4. The molecule has 5 nitrogen and oxygen atoms in total. The number of hydrogen-bond donors (Lipinski definition) is 2. The van der Waals surface area contributed by atoms with Crippen molar-refractivity contribution in [3.05, 3.63) is 58.7 Å². The van der Waals surface area contributed by atoms with Gasteiger partial charge in [-0.2, -0.15) is 0 Å². The van der Waals surface area contributed by atoms with Crippen LogP contribution in [0.4, 0.5) is 11.4 Å². The summed E-state index contributed by atoms with van der Waals surface area (Å²) in [6, 6.07) is 11.9. The Bertz CT molecular complexity index is 917. The quantitative estimate of drug-likeness (QED) is 0.835. The van der Waals surface area contributed by atoms with Crippen LogP contribution in [0.2, 0.25) is 0 Å². The fraction of sp³-hybridized carbons (Fsp3) is 0.286. The van der Waals surface area contributed by atoms with Crippen molar-refractivity contribution >= 4 is 40.1 Å². The third kappa shape index (κ3) is 4.57. The van der Waals surface area contributed by atoms with Gasteiger partial charge in [0.2, 0.25) is 11.8 Å².